The second-order valence-corrected chi connectivity index (χ2v) is 5.92. The number of carbonyl (C=O) groups is 1. The average molecular weight is 376 g/mol. The van der Waals surface area contributed by atoms with Crippen molar-refractivity contribution in [2.45, 2.75) is 24.5 Å². The van der Waals surface area contributed by atoms with E-state index in [0.717, 1.165) is 0 Å². The number of carboxylic acid groups (broad SMARTS) is 1. The molecular formula is C11H16KNO9P+. The molecule has 1 aromatic rings. The summed E-state index contributed by atoms with van der Waals surface area (Å²) in [6.45, 7) is -0.627. The maximum atomic E-state index is 10.9. The Balaban J connectivity index is 0.00000264. The molecule has 1 aromatic heterocycles. The maximum absolute atomic E-state index is 10.9. The van der Waals surface area contributed by atoms with E-state index in [1.165, 1.54) is 29.1 Å². The van der Waals surface area contributed by atoms with Gasteiger partial charge in [0, 0.05) is 6.07 Å². The molecule has 0 radical (unpaired) electrons. The van der Waals surface area contributed by atoms with Crippen LogP contribution in [-0.4, -0.2) is 107 Å². The van der Waals surface area contributed by atoms with Gasteiger partial charge in [-0.2, -0.15) is 4.57 Å². The fourth-order valence-electron chi connectivity index (χ4n) is 2.06. The minimum absolute atomic E-state index is 0. The Hall–Kier alpha value is 0.246. The van der Waals surface area contributed by atoms with E-state index < -0.39 is 44.9 Å². The molecule has 12 heteroatoms. The van der Waals surface area contributed by atoms with E-state index in [9.17, 15) is 19.6 Å². The fourth-order valence-corrected chi connectivity index (χ4v) is 2.40. The van der Waals surface area contributed by atoms with E-state index in [1.807, 2.05) is 0 Å². The average Bonchev–Trinajstić information content (AvgIpc) is 2.72. The van der Waals surface area contributed by atoms with E-state index in [1.54, 1.807) is 0 Å². The number of pyridine rings is 1. The van der Waals surface area contributed by atoms with Crippen molar-refractivity contribution < 1.29 is 48.3 Å². The molecule has 0 aliphatic carbocycles. The van der Waals surface area contributed by atoms with Gasteiger partial charge in [0.1, 0.15) is 17.8 Å². The van der Waals surface area contributed by atoms with Gasteiger partial charge in [-0.15, -0.1) is 0 Å². The third-order valence-corrected chi connectivity index (χ3v) is 3.59. The number of phosphoric acid groups is 1. The molecule has 1 saturated heterocycles. The summed E-state index contributed by atoms with van der Waals surface area (Å²) < 4.78 is 21.4. The molecule has 1 aliphatic heterocycles. The van der Waals surface area contributed by atoms with Crippen LogP contribution in [0.15, 0.2) is 24.5 Å². The molecule has 1 aliphatic rings. The van der Waals surface area contributed by atoms with Crippen LogP contribution in [0.1, 0.15) is 16.6 Å². The molecule has 0 bridgehead atoms. The minimum atomic E-state index is -4.73. The number of aromatic nitrogens is 1. The van der Waals surface area contributed by atoms with Crippen molar-refractivity contribution in [2.24, 2.45) is 0 Å². The third-order valence-electron chi connectivity index (χ3n) is 3.11. The Morgan fingerprint density at radius 2 is 2.00 bits per heavy atom. The molecule has 2 rings (SSSR count). The van der Waals surface area contributed by atoms with Gasteiger partial charge in [0.2, 0.25) is 0 Å². The zero-order valence-electron chi connectivity index (χ0n) is 11.1. The number of phosphoric ester groups is 1. The molecule has 2 heterocycles. The van der Waals surface area contributed by atoms with Gasteiger partial charge < -0.3 is 29.8 Å². The summed E-state index contributed by atoms with van der Waals surface area (Å²) in [7, 11) is -4.73. The Morgan fingerprint density at radius 1 is 1.35 bits per heavy atom. The van der Waals surface area contributed by atoms with Crippen LogP contribution in [0.2, 0.25) is 0 Å². The predicted octanol–water partition coefficient (Wildman–Crippen LogP) is -2.25. The summed E-state index contributed by atoms with van der Waals surface area (Å²) in [4.78, 5) is 28.2. The number of aliphatic hydroxyl groups excluding tert-OH is 2. The van der Waals surface area contributed by atoms with Crippen LogP contribution in [0.3, 0.4) is 0 Å². The SMILES string of the molecule is O=C(O)c1ccc[n+]([C@@H]2O[C@H](COP(=O)(O)O)[C@@H](O)[C@H]2O)c1.[KH]. The first-order chi connectivity index (χ1) is 10.2. The van der Waals surface area contributed by atoms with Gasteiger partial charge in [-0.05, 0) is 6.07 Å². The van der Waals surface area contributed by atoms with Crippen molar-refractivity contribution in [3.63, 3.8) is 0 Å². The number of nitrogens with zero attached hydrogens (tertiary/aromatic N) is 1. The molecule has 124 valence electrons. The van der Waals surface area contributed by atoms with E-state index in [2.05, 4.69) is 4.52 Å². The van der Waals surface area contributed by atoms with Crippen LogP contribution >= 0.6 is 7.82 Å². The van der Waals surface area contributed by atoms with Crippen molar-refractivity contribution in [2.75, 3.05) is 6.61 Å². The van der Waals surface area contributed by atoms with Crippen molar-refractivity contribution in [3.8, 4) is 0 Å². The number of aromatic carboxylic acids is 1. The van der Waals surface area contributed by atoms with Gasteiger partial charge in [0.05, 0.1) is 6.61 Å². The molecule has 23 heavy (non-hydrogen) atoms. The van der Waals surface area contributed by atoms with Crippen LogP contribution in [0.5, 0.6) is 0 Å². The molecule has 1 fully saturated rings. The molecule has 5 N–H and O–H groups in total. The van der Waals surface area contributed by atoms with E-state index in [4.69, 9.17) is 19.6 Å². The normalized spacial score (nSPS) is 27.5. The molecular weight excluding hydrogens is 360 g/mol. The summed E-state index contributed by atoms with van der Waals surface area (Å²) >= 11 is 0. The van der Waals surface area contributed by atoms with Gasteiger partial charge >= 0.3 is 65.2 Å². The number of carboxylic acids is 1. The first kappa shape index (κ1) is 21.3. The number of ether oxygens (including phenoxy) is 1. The summed E-state index contributed by atoms with van der Waals surface area (Å²) in [5, 5.41) is 28.7. The predicted molar refractivity (Wildman–Crippen MR) is 74.7 cm³/mol. The fraction of sp³-hybridized carbons (Fsp3) is 0.455. The summed E-state index contributed by atoms with van der Waals surface area (Å²) in [5.41, 5.74) is -0.0530. The second-order valence-electron chi connectivity index (χ2n) is 4.68. The van der Waals surface area contributed by atoms with Crippen molar-refractivity contribution >= 4 is 65.2 Å². The molecule has 0 spiro atoms. The van der Waals surface area contributed by atoms with E-state index >= 15 is 0 Å². The summed E-state index contributed by atoms with van der Waals surface area (Å²) in [6.07, 6.45) is -2.51. The Bertz CT molecular complexity index is 609. The van der Waals surface area contributed by atoms with Gasteiger partial charge in [-0.3, -0.25) is 4.52 Å². The van der Waals surface area contributed by atoms with Crippen LogP contribution in [0, 0.1) is 0 Å². The van der Waals surface area contributed by atoms with Crippen LogP contribution in [-0.2, 0) is 13.8 Å². The van der Waals surface area contributed by atoms with Crippen molar-refractivity contribution in [1.82, 2.24) is 0 Å². The Kier molecular flexibility index (Phi) is 7.93. The first-order valence-electron chi connectivity index (χ1n) is 6.15. The van der Waals surface area contributed by atoms with Crippen LogP contribution in [0.4, 0.5) is 0 Å². The number of aliphatic hydroxyl groups is 2. The summed E-state index contributed by atoms with van der Waals surface area (Å²) in [5.74, 6) is -1.18. The molecule has 0 aromatic carbocycles. The van der Waals surface area contributed by atoms with Gasteiger partial charge in [-0.25, -0.2) is 9.36 Å². The quantitative estimate of drug-likeness (QED) is 0.217. The number of hydrogen-bond acceptors (Lipinski definition) is 6. The van der Waals surface area contributed by atoms with E-state index in [-0.39, 0.29) is 56.9 Å². The first-order valence-corrected chi connectivity index (χ1v) is 7.68. The van der Waals surface area contributed by atoms with Crippen LogP contribution in [0.25, 0.3) is 0 Å². The zero-order chi connectivity index (χ0) is 16.5. The Labute approximate surface area is 173 Å². The second kappa shape index (κ2) is 8.56. The third kappa shape index (κ3) is 5.63. The molecule has 10 nitrogen and oxygen atoms in total. The molecule has 0 unspecified atom stereocenters. The van der Waals surface area contributed by atoms with Crippen molar-refractivity contribution in [3.05, 3.63) is 30.1 Å². The summed E-state index contributed by atoms with van der Waals surface area (Å²) in [6, 6.07) is 2.76. The molecule has 0 amide bonds. The number of rotatable bonds is 5. The topological polar surface area (TPSA) is 158 Å². The zero-order valence-corrected chi connectivity index (χ0v) is 12.0. The van der Waals surface area contributed by atoms with Gasteiger partial charge in [0.25, 0.3) is 6.23 Å². The number of hydrogen-bond donors (Lipinski definition) is 5. The molecule has 4 atom stereocenters. The standard InChI is InChI=1S/C11H14NO9P.K.H/c13-8-7(5-20-22(17,18)19)21-10(9(8)14)12-3-1-2-6(4-12)11(15)16;;/h1-4,7-10,13-14H,5H2,(H2-,15,16,17,18,19);;/p+1/t7-,8-,9-,10-;;/m1../s1. The van der Waals surface area contributed by atoms with Crippen LogP contribution < -0.4 is 4.57 Å². The Morgan fingerprint density at radius 3 is 2.57 bits per heavy atom. The molecule has 0 saturated carbocycles. The van der Waals surface area contributed by atoms with Gasteiger partial charge in [-0.1, -0.05) is 0 Å². The van der Waals surface area contributed by atoms with Gasteiger partial charge in [0.15, 0.2) is 18.5 Å². The van der Waals surface area contributed by atoms with Crippen molar-refractivity contribution in [1.29, 1.82) is 0 Å². The monoisotopic (exact) mass is 376 g/mol. The van der Waals surface area contributed by atoms with E-state index in [0.29, 0.717) is 0 Å².